The van der Waals surface area contributed by atoms with Gasteiger partial charge in [-0.2, -0.15) is 0 Å². The summed E-state index contributed by atoms with van der Waals surface area (Å²) in [6, 6.07) is 8.90. The molecular formula is C23H32O6. The lowest BCUT2D eigenvalue weighted by molar-refractivity contribution is -0.332. The van der Waals surface area contributed by atoms with Crippen LogP contribution in [-0.4, -0.2) is 42.1 Å². The lowest BCUT2D eigenvalue weighted by Gasteiger charge is -2.46. The third-order valence-corrected chi connectivity index (χ3v) is 5.13. The summed E-state index contributed by atoms with van der Waals surface area (Å²) in [5.74, 6) is -1.34. The monoisotopic (exact) mass is 404 g/mol. The molecule has 1 heterocycles. The number of carbonyl (C=O) groups is 2. The zero-order valence-corrected chi connectivity index (χ0v) is 17.6. The Morgan fingerprint density at radius 3 is 2.34 bits per heavy atom. The predicted octanol–water partition coefficient (Wildman–Crippen LogP) is 4.41. The Hall–Kier alpha value is -1.92. The van der Waals surface area contributed by atoms with Crippen molar-refractivity contribution in [1.82, 2.24) is 0 Å². The van der Waals surface area contributed by atoms with E-state index in [2.05, 4.69) is 0 Å². The molecule has 2 aliphatic rings. The Morgan fingerprint density at radius 2 is 1.69 bits per heavy atom. The van der Waals surface area contributed by atoms with Crippen molar-refractivity contribution < 1.29 is 28.5 Å². The molecule has 1 aromatic carbocycles. The van der Waals surface area contributed by atoms with Crippen LogP contribution in [0.15, 0.2) is 30.3 Å². The van der Waals surface area contributed by atoms with E-state index < -0.39 is 11.4 Å². The Kier molecular flexibility index (Phi) is 6.96. The van der Waals surface area contributed by atoms with Crippen molar-refractivity contribution in [2.75, 3.05) is 6.61 Å². The molecule has 0 N–H and O–H groups in total. The number of ether oxygens (including phenoxy) is 4. The van der Waals surface area contributed by atoms with Crippen molar-refractivity contribution >= 4 is 11.9 Å². The second kappa shape index (κ2) is 9.26. The van der Waals surface area contributed by atoms with Gasteiger partial charge in [-0.1, -0.05) is 24.6 Å². The highest BCUT2D eigenvalue weighted by molar-refractivity contribution is 5.89. The molecule has 160 valence electrons. The second-order valence-corrected chi connectivity index (χ2v) is 8.94. The summed E-state index contributed by atoms with van der Waals surface area (Å²) in [6.07, 6.45) is 4.83. The lowest BCUT2D eigenvalue weighted by Crippen LogP contribution is -2.51. The smallest absolute Gasteiger partial charge is 0.338 e. The van der Waals surface area contributed by atoms with E-state index in [1.807, 2.05) is 26.8 Å². The van der Waals surface area contributed by atoms with Crippen LogP contribution in [0.1, 0.15) is 76.1 Å². The van der Waals surface area contributed by atoms with Gasteiger partial charge in [0.1, 0.15) is 12.2 Å². The quantitative estimate of drug-likeness (QED) is 0.677. The van der Waals surface area contributed by atoms with Crippen LogP contribution in [-0.2, 0) is 23.7 Å². The van der Waals surface area contributed by atoms with Crippen molar-refractivity contribution in [3.05, 3.63) is 35.9 Å². The maximum atomic E-state index is 12.3. The Morgan fingerprint density at radius 1 is 1.03 bits per heavy atom. The second-order valence-electron chi connectivity index (χ2n) is 8.94. The first-order valence-electron chi connectivity index (χ1n) is 10.5. The molecule has 2 fully saturated rings. The Labute approximate surface area is 172 Å². The molecule has 3 rings (SSSR count). The maximum absolute atomic E-state index is 12.3. The topological polar surface area (TPSA) is 71.1 Å². The Bertz CT molecular complexity index is 687. The van der Waals surface area contributed by atoms with Crippen LogP contribution in [0, 0.1) is 0 Å². The molecule has 6 nitrogen and oxygen atoms in total. The summed E-state index contributed by atoms with van der Waals surface area (Å²) in [4.78, 5) is 24.6. The highest BCUT2D eigenvalue weighted by Crippen LogP contribution is 2.40. The summed E-state index contributed by atoms with van der Waals surface area (Å²) in [5, 5.41) is 0. The molecule has 0 aromatic heterocycles. The van der Waals surface area contributed by atoms with Crippen molar-refractivity contribution in [2.24, 2.45) is 0 Å². The van der Waals surface area contributed by atoms with Gasteiger partial charge in [0, 0.05) is 19.3 Å². The van der Waals surface area contributed by atoms with Gasteiger partial charge in [0.2, 0.25) is 0 Å². The molecule has 1 spiro atoms. The molecule has 1 aliphatic carbocycles. The van der Waals surface area contributed by atoms with E-state index in [-0.39, 0.29) is 37.2 Å². The third-order valence-electron chi connectivity index (χ3n) is 5.13. The average molecular weight is 405 g/mol. The van der Waals surface area contributed by atoms with Crippen molar-refractivity contribution in [2.45, 2.75) is 89.3 Å². The number of esters is 2. The SMILES string of the molecule is CC(C)(C)OC(=O)C[C@H]1C[C@@H](COC(=O)c2ccccc2)OC2(CCCCC2)O1. The number of hydrogen-bond donors (Lipinski definition) is 0. The highest BCUT2D eigenvalue weighted by atomic mass is 16.7. The van der Waals surface area contributed by atoms with Gasteiger partial charge < -0.3 is 18.9 Å². The van der Waals surface area contributed by atoms with E-state index >= 15 is 0 Å². The van der Waals surface area contributed by atoms with Gasteiger partial charge in [0.15, 0.2) is 5.79 Å². The van der Waals surface area contributed by atoms with Crippen molar-refractivity contribution in [1.29, 1.82) is 0 Å². The van der Waals surface area contributed by atoms with Gasteiger partial charge >= 0.3 is 11.9 Å². The number of carbonyl (C=O) groups excluding carboxylic acids is 2. The minimum atomic E-state index is -0.687. The van der Waals surface area contributed by atoms with Gasteiger partial charge in [-0.05, 0) is 45.7 Å². The first kappa shape index (κ1) is 21.8. The van der Waals surface area contributed by atoms with Crippen molar-refractivity contribution in [3.63, 3.8) is 0 Å². The largest absolute Gasteiger partial charge is 0.460 e. The zero-order chi connectivity index (χ0) is 20.9. The van der Waals surface area contributed by atoms with Crippen LogP contribution in [0.4, 0.5) is 0 Å². The molecule has 1 saturated heterocycles. The molecule has 0 unspecified atom stereocenters. The first-order chi connectivity index (χ1) is 13.7. The molecule has 6 heteroatoms. The fourth-order valence-corrected chi connectivity index (χ4v) is 3.97. The molecular weight excluding hydrogens is 372 g/mol. The summed E-state index contributed by atoms with van der Waals surface area (Å²) in [6.45, 7) is 5.70. The van der Waals surface area contributed by atoms with Gasteiger partial charge in [-0.3, -0.25) is 4.79 Å². The van der Waals surface area contributed by atoms with Crippen molar-refractivity contribution in [3.8, 4) is 0 Å². The summed E-state index contributed by atoms with van der Waals surface area (Å²) in [7, 11) is 0. The summed E-state index contributed by atoms with van der Waals surface area (Å²) < 4.78 is 23.5. The van der Waals surface area contributed by atoms with Crippen LogP contribution < -0.4 is 0 Å². The number of hydrogen-bond acceptors (Lipinski definition) is 6. The van der Waals surface area contributed by atoms with E-state index in [9.17, 15) is 9.59 Å². The first-order valence-corrected chi connectivity index (χ1v) is 10.5. The number of benzene rings is 1. The summed E-state index contributed by atoms with van der Waals surface area (Å²) in [5.41, 5.74) is -0.0210. The van der Waals surface area contributed by atoms with Crippen LogP contribution >= 0.6 is 0 Å². The fraction of sp³-hybridized carbons (Fsp3) is 0.652. The van der Waals surface area contributed by atoms with Crippen LogP contribution in [0.3, 0.4) is 0 Å². The minimum Gasteiger partial charge on any atom is -0.460 e. The average Bonchev–Trinajstić information content (AvgIpc) is 2.65. The van der Waals surface area contributed by atoms with E-state index in [0.29, 0.717) is 12.0 Å². The fourth-order valence-electron chi connectivity index (χ4n) is 3.97. The molecule has 0 amide bonds. The zero-order valence-electron chi connectivity index (χ0n) is 17.6. The molecule has 1 aliphatic heterocycles. The highest BCUT2D eigenvalue weighted by Gasteiger charge is 2.44. The molecule has 2 atom stereocenters. The van der Waals surface area contributed by atoms with Gasteiger partial charge in [-0.25, -0.2) is 4.79 Å². The van der Waals surface area contributed by atoms with E-state index in [0.717, 1.165) is 32.1 Å². The van der Waals surface area contributed by atoms with E-state index in [1.165, 1.54) is 0 Å². The van der Waals surface area contributed by atoms with Crippen LogP contribution in [0.5, 0.6) is 0 Å². The van der Waals surface area contributed by atoms with Crippen LogP contribution in [0.25, 0.3) is 0 Å². The Balaban J connectivity index is 1.62. The lowest BCUT2D eigenvalue weighted by atomic mass is 9.91. The molecule has 1 aromatic rings. The molecule has 0 bridgehead atoms. The van der Waals surface area contributed by atoms with E-state index in [4.69, 9.17) is 18.9 Å². The van der Waals surface area contributed by atoms with E-state index in [1.54, 1.807) is 24.3 Å². The minimum absolute atomic E-state index is 0.143. The van der Waals surface area contributed by atoms with Crippen LogP contribution in [0.2, 0.25) is 0 Å². The van der Waals surface area contributed by atoms with Gasteiger partial charge in [0.05, 0.1) is 24.2 Å². The maximum Gasteiger partial charge on any atom is 0.338 e. The third kappa shape index (κ3) is 6.54. The predicted molar refractivity (Wildman–Crippen MR) is 107 cm³/mol. The molecule has 0 radical (unpaired) electrons. The van der Waals surface area contributed by atoms with Gasteiger partial charge in [-0.15, -0.1) is 0 Å². The molecule has 1 saturated carbocycles. The number of rotatable bonds is 5. The van der Waals surface area contributed by atoms with Gasteiger partial charge in [0.25, 0.3) is 0 Å². The summed E-state index contributed by atoms with van der Waals surface area (Å²) >= 11 is 0. The molecule has 29 heavy (non-hydrogen) atoms. The standard InChI is InChI=1S/C23H32O6/c1-22(2,3)29-20(24)15-18-14-19(28-23(27-18)12-8-5-9-13-23)16-26-21(25)17-10-6-4-7-11-17/h4,6-7,10-11,18-19H,5,8-9,12-16H2,1-3H3/t18-,19+/m1/s1. The normalized spacial score (nSPS) is 24.1.